The van der Waals surface area contributed by atoms with Gasteiger partial charge in [-0.15, -0.1) is 10.2 Å². The zero-order valence-corrected chi connectivity index (χ0v) is 18.0. The Labute approximate surface area is 175 Å². The first-order valence-electron chi connectivity index (χ1n) is 8.26. The monoisotopic (exact) mass is 480 g/mol. The Kier molecular flexibility index (Phi) is 6.55. The van der Waals surface area contributed by atoms with Gasteiger partial charge in [-0.3, -0.25) is 10.1 Å². The number of nitrogens with one attached hydrogen (secondary N) is 2. The van der Waals surface area contributed by atoms with Crippen LogP contribution in [0, 0.1) is 6.92 Å². The van der Waals surface area contributed by atoms with Crippen molar-refractivity contribution in [3.05, 3.63) is 69.6 Å². The van der Waals surface area contributed by atoms with Crippen LogP contribution in [0.25, 0.3) is 0 Å². The second-order valence-electron chi connectivity index (χ2n) is 5.93. The molecule has 1 unspecified atom stereocenters. The Hall–Kier alpha value is -2.14. The first-order valence-corrected chi connectivity index (χ1v) is 11.4. The molecule has 0 saturated heterocycles. The highest BCUT2D eigenvalue weighted by Gasteiger charge is 2.27. The van der Waals surface area contributed by atoms with Gasteiger partial charge in [-0.05, 0) is 43.2 Å². The van der Waals surface area contributed by atoms with Crippen LogP contribution in [0.4, 0.5) is 5.13 Å². The van der Waals surface area contributed by atoms with Crippen molar-refractivity contribution in [3.8, 4) is 0 Å². The number of aryl methyl sites for hydroxylation is 1. The Morgan fingerprint density at radius 2 is 1.79 bits per heavy atom. The average molecular weight is 481 g/mol. The first-order chi connectivity index (χ1) is 13.3. The molecule has 0 radical (unpaired) electrons. The molecule has 1 atom stereocenters. The third-order valence-electron chi connectivity index (χ3n) is 3.78. The highest BCUT2D eigenvalue weighted by Crippen LogP contribution is 2.17. The molecule has 3 rings (SSSR count). The molecular weight excluding hydrogens is 464 g/mol. The maximum Gasteiger partial charge on any atom is 0.244 e. The van der Waals surface area contributed by atoms with Crippen molar-refractivity contribution in [2.24, 2.45) is 0 Å². The number of amides is 1. The summed E-state index contributed by atoms with van der Waals surface area (Å²) in [4.78, 5) is 12.9. The van der Waals surface area contributed by atoms with Gasteiger partial charge in [0.1, 0.15) is 11.0 Å². The second-order valence-corrected chi connectivity index (χ2v) is 9.74. The molecule has 7 nitrogen and oxygen atoms in total. The molecule has 2 N–H and O–H groups in total. The summed E-state index contributed by atoms with van der Waals surface area (Å²) in [5, 5.41) is 11.4. The topological polar surface area (TPSA) is 101 Å². The fourth-order valence-electron chi connectivity index (χ4n) is 2.45. The predicted octanol–water partition coefficient (Wildman–Crippen LogP) is 3.14. The maximum atomic E-state index is 12.8. The van der Waals surface area contributed by atoms with Crippen molar-refractivity contribution < 1.29 is 13.2 Å². The molecule has 3 aromatic rings. The van der Waals surface area contributed by atoms with E-state index in [9.17, 15) is 13.2 Å². The maximum absolute atomic E-state index is 12.8. The minimum atomic E-state index is -3.89. The number of aromatic nitrogens is 2. The Morgan fingerprint density at radius 3 is 2.39 bits per heavy atom. The highest BCUT2D eigenvalue weighted by atomic mass is 79.9. The number of halogens is 1. The van der Waals surface area contributed by atoms with Crippen LogP contribution in [0.1, 0.15) is 10.6 Å². The van der Waals surface area contributed by atoms with Crippen LogP contribution in [0.3, 0.4) is 0 Å². The van der Waals surface area contributed by atoms with Crippen LogP contribution < -0.4 is 10.0 Å². The van der Waals surface area contributed by atoms with Gasteiger partial charge >= 0.3 is 0 Å². The van der Waals surface area contributed by atoms with Crippen molar-refractivity contribution >= 4 is 48.3 Å². The van der Waals surface area contributed by atoms with Crippen molar-refractivity contribution in [3.63, 3.8) is 0 Å². The summed E-state index contributed by atoms with van der Waals surface area (Å²) in [6.45, 7) is 1.77. The molecule has 0 aliphatic carbocycles. The summed E-state index contributed by atoms with van der Waals surface area (Å²) in [7, 11) is -3.89. The molecule has 2 aromatic carbocycles. The van der Waals surface area contributed by atoms with Crippen molar-refractivity contribution in [1.29, 1.82) is 0 Å². The molecule has 146 valence electrons. The molecule has 0 saturated carbocycles. The molecule has 0 aliphatic rings. The standard InChI is InChI=1S/C18H17BrN4O3S2/c1-12-21-22-18(27-12)20-17(24)16(11-13-5-3-2-4-6-13)23-28(25,26)15-9-7-14(19)8-10-15/h2-10,16,23H,11H2,1H3,(H,20,22,24). The second kappa shape index (κ2) is 8.91. The van der Waals surface area contributed by atoms with Gasteiger partial charge in [-0.2, -0.15) is 4.72 Å². The van der Waals surface area contributed by atoms with Crippen molar-refractivity contribution in [1.82, 2.24) is 14.9 Å². The third-order valence-corrected chi connectivity index (χ3v) is 6.55. The van der Waals surface area contributed by atoms with E-state index in [0.29, 0.717) is 10.1 Å². The van der Waals surface area contributed by atoms with E-state index in [1.807, 2.05) is 30.3 Å². The summed E-state index contributed by atoms with van der Waals surface area (Å²) in [5.41, 5.74) is 0.828. The van der Waals surface area contributed by atoms with E-state index in [-0.39, 0.29) is 11.3 Å². The molecule has 28 heavy (non-hydrogen) atoms. The molecule has 0 spiro atoms. The van der Waals surface area contributed by atoms with Crippen molar-refractivity contribution in [2.45, 2.75) is 24.3 Å². The number of anilines is 1. The number of rotatable bonds is 7. The number of hydrogen-bond donors (Lipinski definition) is 2. The minimum Gasteiger partial charge on any atom is -0.299 e. The highest BCUT2D eigenvalue weighted by molar-refractivity contribution is 9.10. The number of carbonyl (C=O) groups is 1. The Bertz CT molecular complexity index is 1050. The quantitative estimate of drug-likeness (QED) is 0.540. The van der Waals surface area contributed by atoms with E-state index in [0.717, 1.165) is 10.0 Å². The molecule has 10 heteroatoms. The number of nitrogens with zero attached hydrogens (tertiary/aromatic N) is 2. The van der Waals surface area contributed by atoms with Gasteiger partial charge in [0.15, 0.2) is 0 Å². The number of benzene rings is 2. The Balaban J connectivity index is 1.84. The van der Waals surface area contributed by atoms with Gasteiger partial charge < -0.3 is 0 Å². The summed E-state index contributed by atoms with van der Waals surface area (Å²) in [5.74, 6) is -0.499. The summed E-state index contributed by atoms with van der Waals surface area (Å²) >= 11 is 4.50. The Morgan fingerprint density at radius 1 is 1.11 bits per heavy atom. The summed E-state index contributed by atoms with van der Waals surface area (Å²) in [6.07, 6.45) is 0.195. The fourth-order valence-corrected chi connectivity index (χ4v) is 4.50. The normalized spacial score (nSPS) is 12.5. The smallest absolute Gasteiger partial charge is 0.244 e. The zero-order valence-electron chi connectivity index (χ0n) is 14.8. The van der Waals surface area contributed by atoms with Gasteiger partial charge in [-0.1, -0.05) is 57.6 Å². The van der Waals surface area contributed by atoms with Crippen LogP contribution in [-0.2, 0) is 21.2 Å². The van der Waals surface area contributed by atoms with Crippen molar-refractivity contribution in [2.75, 3.05) is 5.32 Å². The molecule has 1 amide bonds. The van der Waals surface area contributed by atoms with E-state index >= 15 is 0 Å². The van der Waals surface area contributed by atoms with Crippen LogP contribution >= 0.6 is 27.3 Å². The van der Waals surface area contributed by atoms with Gasteiger partial charge in [0.25, 0.3) is 0 Å². The lowest BCUT2D eigenvalue weighted by atomic mass is 10.1. The lowest BCUT2D eigenvalue weighted by molar-refractivity contribution is -0.117. The summed E-state index contributed by atoms with van der Waals surface area (Å²) < 4.78 is 28.8. The van der Waals surface area contributed by atoms with E-state index in [1.54, 1.807) is 19.1 Å². The lowest BCUT2D eigenvalue weighted by Gasteiger charge is -2.18. The van der Waals surface area contributed by atoms with Crippen LogP contribution in [-0.4, -0.2) is 30.6 Å². The molecule has 0 fully saturated rings. The van der Waals surface area contributed by atoms with Gasteiger partial charge in [0.05, 0.1) is 4.90 Å². The molecule has 1 heterocycles. The van der Waals surface area contributed by atoms with E-state index in [2.05, 4.69) is 36.2 Å². The SMILES string of the molecule is Cc1nnc(NC(=O)C(Cc2ccccc2)NS(=O)(=O)c2ccc(Br)cc2)s1. The number of sulfonamides is 1. The number of carbonyl (C=O) groups excluding carboxylic acids is 1. The van der Waals surface area contributed by atoms with Crippen LogP contribution in [0.5, 0.6) is 0 Å². The lowest BCUT2D eigenvalue weighted by Crippen LogP contribution is -2.45. The predicted molar refractivity (Wildman–Crippen MR) is 112 cm³/mol. The molecule has 0 bridgehead atoms. The minimum absolute atomic E-state index is 0.0771. The fraction of sp³-hybridized carbons (Fsp3) is 0.167. The molecule has 0 aliphatic heterocycles. The van der Waals surface area contributed by atoms with Crippen LogP contribution in [0.15, 0.2) is 64.0 Å². The summed E-state index contributed by atoms with van der Waals surface area (Å²) in [6, 6.07) is 14.4. The zero-order chi connectivity index (χ0) is 20.1. The van der Waals surface area contributed by atoms with E-state index in [4.69, 9.17) is 0 Å². The molecular formula is C18H17BrN4O3S2. The van der Waals surface area contributed by atoms with Gasteiger partial charge in [0.2, 0.25) is 21.1 Å². The van der Waals surface area contributed by atoms with E-state index < -0.39 is 22.0 Å². The third kappa shape index (κ3) is 5.44. The number of hydrogen-bond acceptors (Lipinski definition) is 6. The average Bonchev–Trinajstić information content (AvgIpc) is 3.07. The van der Waals surface area contributed by atoms with Crippen LogP contribution in [0.2, 0.25) is 0 Å². The largest absolute Gasteiger partial charge is 0.299 e. The molecule has 1 aromatic heterocycles. The van der Waals surface area contributed by atoms with E-state index in [1.165, 1.54) is 23.5 Å². The van der Waals surface area contributed by atoms with Gasteiger partial charge in [0, 0.05) is 4.47 Å². The van der Waals surface area contributed by atoms with Gasteiger partial charge in [-0.25, -0.2) is 8.42 Å². The first kappa shape index (κ1) is 20.6.